The van der Waals surface area contributed by atoms with E-state index < -0.39 is 18.2 Å². The summed E-state index contributed by atoms with van der Waals surface area (Å²) in [5.74, 6) is -1.22. The number of alkyl carbamates (subject to hydrolysis) is 1. The third-order valence-corrected chi connectivity index (χ3v) is 5.31. The SMILES string of the molecule is O=C(NC[C@@H]1CCO[C@@H]1C(=O)O)OCC1c2ccccc2-c2ccccc21. The summed E-state index contributed by atoms with van der Waals surface area (Å²) in [6.07, 6.45) is -0.785. The number of aliphatic carboxylic acids is 1. The quantitative estimate of drug-likeness (QED) is 0.849. The molecule has 2 aromatic rings. The lowest BCUT2D eigenvalue weighted by Crippen LogP contribution is -2.36. The molecule has 2 aliphatic rings. The minimum Gasteiger partial charge on any atom is -0.479 e. The van der Waals surface area contributed by atoms with Crippen molar-refractivity contribution >= 4 is 12.1 Å². The summed E-state index contributed by atoms with van der Waals surface area (Å²) in [7, 11) is 0. The van der Waals surface area contributed by atoms with Crippen molar-refractivity contribution in [1.82, 2.24) is 5.32 Å². The first kappa shape index (κ1) is 17.5. The lowest BCUT2D eigenvalue weighted by atomic mass is 9.98. The van der Waals surface area contributed by atoms with Gasteiger partial charge in [0.05, 0.1) is 0 Å². The largest absolute Gasteiger partial charge is 0.479 e. The van der Waals surface area contributed by atoms with E-state index in [1.807, 2.05) is 24.3 Å². The van der Waals surface area contributed by atoms with Crippen LogP contribution in [0.4, 0.5) is 4.79 Å². The Morgan fingerprint density at radius 3 is 2.33 bits per heavy atom. The van der Waals surface area contributed by atoms with E-state index in [2.05, 4.69) is 29.6 Å². The molecule has 1 aliphatic carbocycles. The number of rotatable bonds is 5. The van der Waals surface area contributed by atoms with Crippen LogP contribution in [-0.4, -0.2) is 43.0 Å². The van der Waals surface area contributed by atoms with E-state index in [0.29, 0.717) is 13.0 Å². The minimum absolute atomic E-state index is 0.00438. The second kappa shape index (κ2) is 7.40. The molecule has 0 radical (unpaired) electrons. The lowest BCUT2D eigenvalue weighted by Gasteiger charge is -2.17. The summed E-state index contributed by atoms with van der Waals surface area (Å²) >= 11 is 0. The predicted molar refractivity (Wildman–Crippen MR) is 98.6 cm³/mol. The number of hydrogen-bond donors (Lipinski definition) is 2. The van der Waals surface area contributed by atoms with Crippen molar-refractivity contribution in [3.05, 3.63) is 59.7 Å². The standard InChI is InChI=1S/C21H21NO5/c23-20(24)19-13(9-10-26-19)11-22-21(25)27-12-18-16-7-3-1-5-14(16)15-6-2-4-8-17(15)18/h1-8,13,18-19H,9-12H2,(H,22,25)(H,23,24)/t13-,19-/m0/s1. The van der Waals surface area contributed by atoms with Crippen molar-refractivity contribution in [3.63, 3.8) is 0 Å². The maximum Gasteiger partial charge on any atom is 0.407 e. The molecule has 6 nitrogen and oxygen atoms in total. The van der Waals surface area contributed by atoms with Gasteiger partial charge in [-0.1, -0.05) is 48.5 Å². The molecular formula is C21H21NO5. The smallest absolute Gasteiger partial charge is 0.407 e. The van der Waals surface area contributed by atoms with Crippen LogP contribution in [0.3, 0.4) is 0 Å². The van der Waals surface area contributed by atoms with E-state index >= 15 is 0 Å². The molecule has 4 rings (SSSR count). The van der Waals surface area contributed by atoms with Gasteiger partial charge < -0.3 is 19.9 Å². The van der Waals surface area contributed by atoms with Crippen molar-refractivity contribution in [2.75, 3.05) is 19.8 Å². The molecule has 0 bridgehead atoms. The highest BCUT2D eigenvalue weighted by Crippen LogP contribution is 2.44. The lowest BCUT2D eigenvalue weighted by molar-refractivity contribution is -0.149. The molecule has 140 valence electrons. The summed E-state index contributed by atoms with van der Waals surface area (Å²) in [5.41, 5.74) is 4.66. The highest BCUT2D eigenvalue weighted by molar-refractivity contribution is 5.79. The zero-order chi connectivity index (χ0) is 18.8. The second-order valence-corrected chi connectivity index (χ2v) is 6.88. The first-order valence-corrected chi connectivity index (χ1v) is 9.08. The maximum absolute atomic E-state index is 12.1. The van der Waals surface area contributed by atoms with E-state index in [9.17, 15) is 9.59 Å². The van der Waals surface area contributed by atoms with Crippen LogP contribution in [0.2, 0.25) is 0 Å². The predicted octanol–water partition coefficient (Wildman–Crippen LogP) is 3.01. The molecule has 27 heavy (non-hydrogen) atoms. The first-order chi connectivity index (χ1) is 13.1. The van der Waals surface area contributed by atoms with Crippen LogP contribution in [0.15, 0.2) is 48.5 Å². The number of fused-ring (bicyclic) bond motifs is 3. The molecule has 2 aromatic carbocycles. The average Bonchev–Trinajstić information content (AvgIpc) is 3.28. The molecule has 1 fully saturated rings. The molecule has 0 unspecified atom stereocenters. The number of nitrogens with one attached hydrogen (secondary N) is 1. The average molecular weight is 367 g/mol. The maximum atomic E-state index is 12.1. The van der Waals surface area contributed by atoms with Crippen molar-refractivity contribution in [2.45, 2.75) is 18.4 Å². The number of carbonyl (C=O) groups is 2. The summed E-state index contributed by atoms with van der Waals surface area (Å²) < 4.78 is 10.6. The van der Waals surface area contributed by atoms with Crippen LogP contribution < -0.4 is 5.32 Å². The normalized spacial score (nSPS) is 20.7. The Labute approximate surface area is 157 Å². The van der Waals surface area contributed by atoms with Crippen LogP contribution in [0.5, 0.6) is 0 Å². The Bertz CT molecular complexity index is 820. The van der Waals surface area contributed by atoms with Gasteiger partial charge in [-0.25, -0.2) is 9.59 Å². The number of hydrogen-bond acceptors (Lipinski definition) is 4. The molecule has 0 aromatic heterocycles. The highest BCUT2D eigenvalue weighted by atomic mass is 16.5. The molecule has 1 saturated heterocycles. The number of amides is 1. The number of ether oxygens (including phenoxy) is 2. The van der Waals surface area contributed by atoms with Crippen molar-refractivity contribution in [3.8, 4) is 11.1 Å². The van der Waals surface area contributed by atoms with Crippen LogP contribution in [0.25, 0.3) is 11.1 Å². The third kappa shape index (κ3) is 3.40. The number of carboxylic acids is 1. The summed E-state index contributed by atoms with van der Waals surface area (Å²) in [6, 6.07) is 16.3. The molecule has 2 atom stereocenters. The van der Waals surface area contributed by atoms with Crippen LogP contribution in [0, 0.1) is 5.92 Å². The molecule has 1 aliphatic heterocycles. The Kier molecular flexibility index (Phi) is 4.81. The Morgan fingerprint density at radius 1 is 1.07 bits per heavy atom. The third-order valence-electron chi connectivity index (χ3n) is 5.31. The Hall–Kier alpha value is -2.86. The Morgan fingerprint density at radius 2 is 1.70 bits per heavy atom. The van der Waals surface area contributed by atoms with Gasteiger partial charge in [-0.3, -0.25) is 0 Å². The minimum atomic E-state index is -0.994. The van der Waals surface area contributed by atoms with E-state index in [4.69, 9.17) is 14.6 Å². The second-order valence-electron chi connectivity index (χ2n) is 6.88. The van der Waals surface area contributed by atoms with Gasteiger partial charge in [-0.2, -0.15) is 0 Å². The fourth-order valence-corrected chi connectivity index (χ4v) is 3.98. The molecule has 1 amide bonds. The molecule has 0 spiro atoms. The van der Waals surface area contributed by atoms with Gasteiger partial charge in [0.15, 0.2) is 6.10 Å². The van der Waals surface area contributed by atoms with Crippen molar-refractivity contribution < 1.29 is 24.2 Å². The molecule has 2 N–H and O–H groups in total. The molecule has 0 saturated carbocycles. The van der Waals surface area contributed by atoms with Crippen molar-refractivity contribution in [1.29, 1.82) is 0 Å². The fourth-order valence-electron chi connectivity index (χ4n) is 3.98. The number of benzene rings is 2. The highest BCUT2D eigenvalue weighted by Gasteiger charge is 2.34. The first-order valence-electron chi connectivity index (χ1n) is 9.08. The van der Waals surface area contributed by atoms with Crippen LogP contribution in [0.1, 0.15) is 23.5 Å². The summed E-state index contributed by atoms with van der Waals surface area (Å²) in [4.78, 5) is 23.3. The van der Waals surface area contributed by atoms with Gasteiger partial charge in [0, 0.05) is 25.0 Å². The van der Waals surface area contributed by atoms with Crippen LogP contribution in [-0.2, 0) is 14.3 Å². The van der Waals surface area contributed by atoms with Gasteiger partial charge in [-0.15, -0.1) is 0 Å². The molecule has 6 heteroatoms. The van der Waals surface area contributed by atoms with Gasteiger partial charge in [0.25, 0.3) is 0 Å². The Balaban J connectivity index is 1.37. The van der Waals surface area contributed by atoms with Gasteiger partial charge in [0.1, 0.15) is 6.61 Å². The zero-order valence-electron chi connectivity index (χ0n) is 14.8. The number of carbonyl (C=O) groups excluding carboxylic acids is 1. The molecular weight excluding hydrogens is 346 g/mol. The van der Waals surface area contributed by atoms with Gasteiger partial charge in [0.2, 0.25) is 0 Å². The molecule has 1 heterocycles. The van der Waals surface area contributed by atoms with E-state index in [1.54, 1.807) is 0 Å². The van der Waals surface area contributed by atoms with Gasteiger partial charge >= 0.3 is 12.1 Å². The fraction of sp³-hybridized carbons (Fsp3) is 0.333. The zero-order valence-corrected chi connectivity index (χ0v) is 14.8. The van der Waals surface area contributed by atoms with Gasteiger partial charge in [-0.05, 0) is 28.7 Å². The summed E-state index contributed by atoms with van der Waals surface area (Å²) in [5, 5.41) is 11.8. The van der Waals surface area contributed by atoms with E-state index in [0.717, 1.165) is 11.1 Å². The van der Waals surface area contributed by atoms with E-state index in [-0.39, 0.29) is 25.0 Å². The summed E-state index contributed by atoms with van der Waals surface area (Å²) in [6.45, 7) is 0.866. The van der Waals surface area contributed by atoms with E-state index in [1.165, 1.54) is 11.1 Å². The van der Waals surface area contributed by atoms with Crippen LogP contribution >= 0.6 is 0 Å². The number of carboxylic acid groups (broad SMARTS) is 1. The topological polar surface area (TPSA) is 84.9 Å². The van der Waals surface area contributed by atoms with Crippen molar-refractivity contribution in [2.24, 2.45) is 5.92 Å². The monoisotopic (exact) mass is 367 g/mol.